The van der Waals surface area contributed by atoms with Gasteiger partial charge in [0.1, 0.15) is 5.76 Å². The zero-order chi connectivity index (χ0) is 10.7. The third kappa shape index (κ3) is 2.21. The van der Waals surface area contributed by atoms with E-state index in [-0.39, 0.29) is 11.9 Å². The standard InChI is InChI=1S/C11H16N2O2/c1-2-10-9(4-6-15-10)11(14)13-8-3-5-12-7-8/h4,6,8,12H,2-3,5,7H2,1H3,(H,13,14)/t8-/m0/s1. The van der Waals surface area contributed by atoms with Crippen molar-refractivity contribution in [3.8, 4) is 0 Å². The molecule has 2 rings (SSSR count). The van der Waals surface area contributed by atoms with Crippen molar-refractivity contribution < 1.29 is 9.21 Å². The van der Waals surface area contributed by atoms with Crippen molar-refractivity contribution in [1.82, 2.24) is 10.6 Å². The highest BCUT2D eigenvalue weighted by atomic mass is 16.3. The number of carbonyl (C=O) groups is 1. The summed E-state index contributed by atoms with van der Waals surface area (Å²) < 4.78 is 5.22. The van der Waals surface area contributed by atoms with Gasteiger partial charge in [-0.15, -0.1) is 0 Å². The number of amides is 1. The van der Waals surface area contributed by atoms with E-state index in [2.05, 4.69) is 10.6 Å². The van der Waals surface area contributed by atoms with Gasteiger partial charge >= 0.3 is 0 Å². The summed E-state index contributed by atoms with van der Waals surface area (Å²) in [7, 11) is 0. The first-order valence-electron chi connectivity index (χ1n) is 5.39. The quantitative estimate of drug-likeness (QED) is 0.777. The summed E-state index contributed by atoms with van der Waals surface area (Å²) in [5, 5.41) is 6.21. The van der Waals surface area contributed by atoms with Crippen molar-refractivity contribution in [2.45, 2.75) is 25.8 Å². The molecule has 15 heavy (non-hydrogen) atoms. The van der Waals surface area contributed by atoms with Gasteiger partial charge in [-0.1, -0.05) is 6.92 Å². The monoisotopic (exact) mass is 208 g/mol. The van der Waals surface area contributed by atoms with Crippen LogP contribution in [0.1, 0.15) is 29.5 Å². The van der Waals surface area contributed by atoms with Crippen LogP contribution in [0.4, 0.5) is 0 Å². The van der Waals surface area contributed by atoms with Crippen LogP contribution < -0.4 is 10.6 Å². The highest BCUT2D eigenvalue weighted by Crippen LogP contribution is 2.11. The van der Waals surface area contributed by atoms with Crippen LogP contribution in [0.3, 0.4) is 0 Å². The fourth-order valence-electron chi connectivity index (χ4n) is 1.86. The van der Waals surface area contributed by atoms with Gasteiger partial charge in [-0.05, 0) is 19.0 Å². The van der Waals surface area contributed by atoms with Crippen molar-refractivity contribution in [2.24, 2.45) is 0 Å². The van der Waals surface area contributed by atoms with Crippen LogP contribution in [0.5, 0.6) is 0 Å². The van der Waals surface area contributed by atoms with E-state index >= 15 is 0 Å². The highest BCUT2D eigenvalue weighted by Gasteiger charge is 2.19. The van der Waals surface area contributed by atoms with Crippen molar-refractivity contribution in [2.75, 3.05) is 13.1 Å². The maximum atomic E-state index is 11.8. The molecule has 1 aromatic heterocycles. The first-order chi connectivity index (χ1) is 7.31. The summed E-state index contributed by atoms with van der Waals surface area (Å²) in [5.74, 6) is 0.743. The largest absolute Gasteiger partial charge is 0.469 e. The number of hydrogen-bond donors (Lipinski definition) is 2. The van der Waals surface area contributed by atoms with E-state index in [0.29, 0.717) is 5.56 Å². The Kier molecular flexibility index (Phi) is 3.06. The van der Waals surface area contributed by atoms with Crippen LogP contribution in [0.2, 0.25) is 0 Å². The van der Waals surface area contributed by atoms with Crippen molar-refractivity contribution in [3.05, 3.63) is 23.7 Å². The predicted molar refractivity (Wildman–Crippen MR) is 56.8 cm³/mol. The Morgan fingerprint density at radius 3 is 3.27 bits per heavy atom. The molecule has 0 spiro atoms. The van der Waals surface area contributed by atoms with Gasteiger partial charge in [-0.2, -0.15) is 0 Å². The molecule has 0 aliphatic carbocycles. The number of aryl methyl sites for hydroxylation is 1. The zero-order valence-corrected chi connectivity index (χ0v) is 8.88. The molecule has 2 heterocycles. The molecule has 4 nitrogen and oxygen atoms in total. The molecule has 0 unspecified atom stereocenters. The van der Waals surface area contributed by atoms with E-state index in [4.69, 9.17) is 4.42 Å². The second-order valence-corrected chi connectivity index (χ2v) is 3.77. The van der Waals surface area contributed by atoms with E-state index in [0.717, 1.165) is 31.7 Å². The maximum absolute atomic E-state index is 11.8. The van der Waals surface area contributed by atoms with Gasteiger partial charge in [-0.25, -0.2) is 0 Å². The highest BCUT2D eigenvalue weighted by molar-refractivity contribution is 5.95. The molecular formula is C11H16N2O2. The molecule has 2 N–H and O–H groups in total. The summed E-state index contributed by atoms with van der Waals surface area (Å²) in [6.45, 7) is 3.83. The Bertz CT molecular complexity index is 340. The van der Waals surface area contributed by atoms with Crippen LogP contribution in [0, 0.1) is 0 Å². The van der Waals surface area contributed by atoms with Crippen LogP contribution >= 0.6 is 0 Å². The first-order valence-corrected chi connectivity index (χ1v) is 5.39. The number of furan rings is 1. The minimum absolute atomic E-state index is 0.0192. The first kappa shape index (κ1) is 10.2. The van der Waals surface area contributed by atoms with E-state index in [1.54, 1.807) is 12.3 Å². The minimum atomic E-state index is -0.0192. The molecule has 0 saturated carbocycles. The zero-order valence-electron chi connectivity index (χ0n) is 8.88. The smallest absolute Gasteiger partial charge is 0.255 e. The van der Waals surface area contributed by atoms with E-state index in [1.165, 1.54) is 0 Å². The lowest BCUT2D eigenvalue weighted by atomic mass is 10.2. The fourth-order valence-corrected chi connectivity index (χ4v) is 1.86. The maximum Gasteiger partial charge on any atom is 0.255 e. The van der Waals surface area contributed by atoms with Gasteiger partial charge in [0.05, 0.1) is 11.8 Å². The van der Waals surface area contributed by atoms with Gasteiger partial charge in [0, 0.05) is 19.0 Å². The van der Waals surface area contributed by atoms with Crippen molar-refractivity contribution in [1.29, 1.82) is 0 Å². The van der Waals surface area contributed by atoms with Crippen molar-refractivity contribution in [3.63, 3.8) is 0 Å². The molecule has 82 valence electrons. The third-order valence-electron chi connectivity index (χ3n) is 2.71. The molecule has 1 amide bonds. The van der Waals surface area contributed by atoms with Crippen LogP contribution in [-0.2, 0) is 6.42 Å². The molecule has 1 aliphatic rings. The number of nitrogens with one attached hydrogen (secondary N) is 2. The van der Waals surface area contributed by atoms with E-state index in [1.807, 2.05) is 6.92 Å². The Labute approximate surface area is 89.0 Å². The second kappa shape index (κ2) is 4.49. The lowest BCUT2D eigenvalue weighted by molar-refractivity contribution is 0.0938. The van der Waals surface area contributed by atoms with Gasteiger partial charge in [0.2, 0.25) is 0 Å². The third-order valence-corrected chi connectivity index (χ3v) is 2.71. The Morgan fingerprint density at radius 1 is 1.73 bits per heavy atom. The van der Waals surface area contributed by atoms with Crippen LogP contribution in [0.25, 0.3) is 0 Å². The molecule has 1 aromatic rings. The summed E-state index contributed by atoms with van der Waals surface area (Å²) in [6, 6.07) is 1.99. The molecule has 1 aliphatic heterocycles. The van der Waals surface area contributed by atoms with E-state index < -0.39 is 0 Å². The van der Waals surface area contributed by atoms with Gasteiger partial charge in [0.15, 0.2) is 0 Å². The topological polar surface area (TPSA) is 54.3 Å². The molecule has 1 saturated heterocycles. The fraction of sp³-hybridized carbons (Fsp3) is 0.545. The van der Waals surface area contributed by atoms with Gasteiger partial charge in [-0.3, -0.25) is 4.79 Å². The van der Waals surface area contributed by atoms with Gasteiger partial charge in [0.25, 0.3) is 5.91 Å². The summed E-state index contributed by atoms with van der Waals surface area (Å²) in [4.78, 5) is 11.8. The van der Waals surface area contributed by atoms with Crippen LogP contribution in [0.15, 0.2) is 16.7 Å². The lowest BCUT2D eigenvalue weighted by Gasteiger charge is -2.10. The number of carbonyl (C=O) groups excluding carboxylic acids is 1. The number of rotatable bonds is 3. The van der Waals surface area contributed by atoms with Gasteiger partial charge < -0.3 is 15.1 Å². The molecular weight excluding hydrogens is 192 g/mol. The normalized spacial score (nSPS) is 20.5. The summed E-state index contributed by atoms with van der Waals surface area (Å²) in [6.07, 6.45) is 3.32. The molecule has 1 fully saturated rings. The minimum Gasteiger partial charge on any atom is -0.469 e. The summed E-state index contributed by atoms with van der Waals surface area (Å²) >= 11 is 0. The molecule has 0 bridgehead atoms. The lowest BCUT2D eigenvalue weighted by Crippen LogP contribution is -2.36. The predicted octanol–water partition coefficient (Wildman–Crippen LogP) is 0.934. The Balaban J connectivity index is 2.00. The SMILES string of the molecule is CCc1occc1C(=O)N[C@H]1CCNC1. The summed E-state index contributed by atoms with van der Waals surface area (Å²) in [5.41, 5.74) is 0.671. The Hall–Kier alpha value is -1.29. The Morgan fingerprint density at radius 2 is 2.60 bits per heavy atom. The number of hydrogen-bond acceptors (Lipinski definition) is 3. The second-order valence-electron chi connectivity index (χ2n) is 3.77. The molecule has 0 aromatic carbocycles. The molecule has 0 radical (unpaired) electrons. The van der Waals surface area contributed by atoms with E-state index in [9.17, 15) is 4.79 Å². The van der Waals surface area contributed by atoms with Crippen molar-refractivity contribution >= 4 is 5.91 Å². The van der Waals surface area contributed by atoms with Crippen LogP contribution in [-0.4, -0.2) is 25.0 Å². The molecule has 4 heteroatoms. The average molecular weight is 208 g/mol. The molecule has 1 atom stereocenters. The average Bonchev–Trinajstić information content (AvgIpc) is 2.86.